The summed E-state index contributed by atoms with van der Waals surface area (Å²) in [5.74, 6) is 0. The fraction of sp³-hybridized carbons (Fsp3) is 0.308. The van der Waals surface area contributed by atoms with E-state index in [0.717, 1.165) is 17.6 Å². The zero-order chi connectivity index (χ0) is 18.0. The molecule has 1 aromatic heterocycles. The van der Waals surface area contributed by atoms with Crippen LogP contribution in [0, 0.1) is 6.92 Å². The van der Waals surface area contributed by atoms with E-state index in [1.54, 1.807) is 24.4 Å². The molecule has 2 rings (SSSR count). The molecule has 11 heteroatoms. The largest absolute Gasteiger partial charge is 0.270 e. The van der Waals surface area contributed by atoms with Crippen LogP contribution in [0.15, 0.2) is 28.5 Å². The molecule has 0 atom stereocenters. The molecule has 0 aliphatic rings. The van der Waals surface area contributed by atoms with E-state index in [4.69, 9.17) is 11.6 Å². The second-order valence-electron chi connectivity index (χ2n) is 4.89. The molecule has 2 aromatic rings. The van der Waals surface area contributed by atoms with Crippen molar-refractivity contribution in [2.75, 3.05) is 17.6 Å². The van der Waals surface area contributed by atoms with Crippen LogP contribution < -0.4 is 4.72 Å². The number of anilines is 1. The molecule has 0 aliphatic heterocycles. The SMILES string of the molecule is Cc1c(Cl)cccc1S(=O)(=O)Nc1nc(CCOS(C)(=O)=O)cs1. The molecule has 24 heavy (non-hydrogen) atoms. The average molecular weight is 411 g/mol. The summed E-state index contributed by atoms with van der Waals surface area (Å²) in [4.78, 5) is 4.19. The number of thiazole rings is 1. The highest BCUT2D eigenvalue weighted by Crippen LogP contribution is 2.26. The van der Waals surface area contributed by atoms with E-state index >= 15 is 0 Å². The highest BCUT2D eigenvalue weighted by molar-refractivity contribution is 7.93. The standard InChI is InChI=1S/C13H15ClN2O5S3/c1-9-11(14)4-3-5-12(9)24(19,20)16-13-15-10(8-22-13)6-7-21-23(2,17)18/h3-5,8H,6-7H2,1-2H3,(H,15,16). The molecular weight excluding hydrogens is 396 g/mol. The van der Waals surface area contributed by atoms with Crippen molar-refractivity contribution in [2.45, 2.75) is 18.2 Å². The summed E-state index contributed by atoms with van der Waals surface area (Å²) in [5, 5.41) is 2.17. The maximum atomic E-state index is 12.4. The maximum Gasteiger partial charge on any atom is 0.264 e. The van der Waals surface area contributed by atoms with Crippen molar-refractivity contribution in [3.8, 4) is 0 Å². The third-order valence-electron chi connectivity index (χ3n) is 2.94. The summed E-state index contributed by atoms with van der Waals surface area (Å²) in [7, 11) is -7.32. The molecule has 0 saturated carbocycles. The quantitative estimate of drug-likeness (QED) is 0.703. The molecule has 132 valence electrons. The van der Waals surface area contributed by atoms with Crippen molar-refractivity contribution in [1.82, 2.24) is 4.98 Å². The van der Waals surface area contributed by atoms with Gasteiger partial charge in [0.1, 0.15) is 0 Å². The van der Waals surface area contributed by atoms with Gasteiger partial charge in [0.2, 0.25) is 0 Å². The molecule has 0 bridgehead atoms. The van der Waals surface area contributed by atoms with E-state index in [1.807, 2.05) is 0 Å². The number of hydrogen-bond donors (Lipinski definition) is 1. The Morgan fingerprint density at radius 2 is 2.00 bits per heavy atom. The molecule has 1 aromatic carbocycles. The highest BCUT2D eigenvalue weighted by atomic mass is 35.5. The number of nitrogens with one attached hydrogen (secondary N) is 1. The molecule has 0 aliphatic carbocycles. The second-order valence-corrected chi connectivity index (χ2v) is 9.45. The van der Waals surface area contributed by atoms with Gasteiger partial charge < -0.3 is 0 Å². The van der Waals surface area contributed by atoms with Crippen molar-refractivity contribution in [3.63, 3.8) is 0 Å². The van der Waals surface area contributed by atoms with Gasteiger partial charge in [-0.3, -0.25) is 8.91 Å². The van der Waals surface area contributed by atoms with Crippen molar-refractivity contribution in [3.05, 3.63) is 39.9 Å². The van der Waals surface area contributed by atoms with Crippen molar-refractivity contribution >= 4 is 48.2 Å². The van der Waals surface area contributed by atoms with Gasteiger partial charge in [-0.15, -0.1) is 11.3 Å². The first-order chi connectivity index (χ1) is 11.1. The minimum absolute atomic E-state index is 0.0534. The van der Waals surface area contributed by atoms with Crippen LogP contribution in [0.1, 0.15) is 11.3 Å². The van der Waals surface area contributed by atoms with E-state index in [0.29, 0.717) is 16.3 Å². The first-order valence-electron chi connectivity index (χ1n) is 6.65. The molecule has 0 radical (unpaired) electrons. The van der Waals surface area contributed by atoms with Gasteiger partial charge in [0.15, 0.2) is 5.13 Å². The lowest BCUT2D eigenvalue weighted by Gasteiger charge is -2.09. The molecule has 0 unspecified atom stereocenters. The van der Waals surface area contributed by atoms with Gasteiger partial charge in [-0.2, -0.15) is 8.42 Å². The minimum atomic E-state index is -3.81. The number of halogens is 1. The van der Waals surface area contributed by atoms with E-state index < -0.39 is 20.1 Å². The number of benzene rings is 1. The predicted octanol–water partition coefficient (Wildman–Crippen LogP) is 2.42. The molecule has 0 saturated heterocycles. The van der Waals surface area contributed by atoms with Gasteiger partial charge in [-0.25, -0.2) is 13.4 Å². The van der Waals surface area contributed by atoms with Crippen molar-refractivity contribution in [1.29, 1.82) is 0 Å². The van der Waals surface area contributed by atoms with Gasteiger partial charge in [-0.1, -0.05) is 17.7 Å². The van der Waals surface area contributed by atoms with Crippen LogP contribution in [0.5, 0.6) is 0 Å². The average Bonchev–Trinajstić information content (AvgIpc) is 2.87. The molecule has 0 fully saturated rings. The lowest BCUT2D eigenvalue weighted by Crippen LogP contribution is -2.14. The third-order valence-corrected chi connectivity index (χ3v) is 6.36. The summed E-state index contributed by atoms with van der Waals surface area (Å²) in [6, 6.07) is 4.62. The topological polar surface area (TPSA) is 102 Å². The first-order valence-corrected chi connectivity index (χ1v) is 11.2. The molecule has 0 spiro atoms. The normalized spacial score (nSPS) is 12.3. The monoisotopic (exact) mass is 410 g/mol. The number of sulfonamides is 1. The Hall–Kier alpha value is -1.20. The molecule has 0 amide bonds. The van der Waals surface area contributed by atoms with Crippen molar-refractivity contribution < 1.29 is 21.0 Å². The van der Waals surface area contributed by atoms with Gasteiger partial charge in [0, 0.05) is 16.8 Å². The number of aromatic nitrogens is 1. The van der Waals surface area contributed by atoms with E-state index in [2.05, 4.69) is 13.9 Å². The van der Waals surface area contributed by atoms with Crippen LogP contribution >= 0.6 is 22.9 Å². The summed E-state index contributed by atoms with van der Waals surface area (Å²) in [5.41, 5.74) is 0.981. The summed E-state index contributed by atoms with van der Waals surface area (Å²) in [6.45, 7) is 1.56. The minimum Gasteiger partial charge on any atom is -0.270 e. The zero-order valence-electron chi connectivity index (χ0n) is 12.8. The van der Waals surface area contributed by atoms with Gasteiger partial charge >= 0.3 is 0 Å². The smallest absolute Gasteiger partial charge is 0.264 e. The maximum absolute atomic E-state index is 12.4. The Bertz CT molecular complexity index is 938. The fourth-order valence-corrected chi connectivity index (χ4v) is 4.70. The van der Waals surface area contributed by atoms with E-state index in [-0.39, 0.29) is 23.1 Å². The van der Waals surface area contributed by atoms with Gasteiger partial charge in [-0.05, 0) is 24.6 Å². The molecule has 1 heterocycles. The van der Waals surface area contributed by atoms with E-state index in [1.165, 1.54) is 6.07 Å². The van der Waals surface area contributed by atoms with Crippen LogP contribution in [-0.4, -0.2) is 34.7 Å². The summed E-state index contributed by atoms with van der Waals surface area (Å²) >= 11 is 7.05. The Labute approximate surface area is 149 Å². The Balaban J connectivity index is 2.10. The van der Waals surface area contributed by atoms with Crippen LogP contribution in [-0.2, 0) is 30.7 Å². The second kappa shape index (κ2) is 7.36. The van der Waals surface area contributed by atoms with Gasteiger partial charge in [0.05, 0.1) is 23.5 Å². The molecule has 7 nitrogen and oxygen atoms in total. The lowest BCUT2D eigenvalue weighted by atomic mass is 10.2. The van der Waals surface area contributed by atoms with Crippen LogP contribution in [0.2, 0.25) is 5.02 Å². The molecular formula is C13H15ClN2O5S3. The Kier molecular flexibility index (Phi) is 5.87. The fourth-order valence-electron chi connectivity index (χ4n) is 1.82. The highest BCUT2D eigenvalue weighted by Gasteiger charge is 2.19. The van der Waals surface area contributed by atoms with Crippen LogP contribution in [0.4, 0.5) is 5.13 Å². The zero-order valence-corrected chi connectivity index (χ0v) is 16.0. The number of hydrogen-bond acceptors (Lipinski definition) is 7. The van der Waals surface area contributed by atoms with Crippen LogP contribution in [0.25, 0.3) is 0 Å². The first kappa shape index (κ1) is 19.1. The molecule has 1 N–H and O–H groups in total. The number of nitrogens with zero attached hydrogens (tertiary/aromatic N) is 1. The van der Waals surface area contributed by atoms with Gasteiger partial charge in [0.25, 0.3) is 20.1 Å². The Morgan fingerprint density at radius 1 is 1.29 bits per heavy atom. The summed E-state index contributed by atoms with van der Waals surface area (Å²) in [6.07, 6.45) is 1.21. The van der Waals surface area contributed by atoms with Crippen molar-refractivity contribution in [2.24, 2.45) is 0 Å². The Morgan fingerprint density at radius 3 is 2.67 bits per heavy atom. The lowest BCUT2D eigenvalue weighted by molar-refractivity contribution is 0.325. The summed E-state index contributed by atoms with van der Waals surface area (Å²) < 4.78 is 53.6. The van der Waals surface area contributed by atoms with Crippen LogP contribution in [0.3, 0.4) is 0 Å². The number of rotatable bonds is 7. The van der Waals surface area contributed by atoms with E-state index in [9.17, 15) is 16.8 Å². The predicted molar refractivity (Wildman–Crippen MR) is 93.6 cm³/mol. The third kappa shape index (κ3) is 5.15.